The third-order valence-corrected chi connectivity index (χ3v) is 4.31. The Morgan fingerprint density at radius 3 is 2.73 bits per heavy atom. The van der Waals surface area contributed by atoms with Crippen molar-refractivity contribution in [3.05, 3.63) is 51.8 Å². The molecule has 1 aliphatic heterocycles. The van der Waals surface area contributed by atoms with Crippen molar-refractivity contribution in [1.29, 1.82) is 5.26 Å². The van der Waals surface area contributed by atoms with Crippen LogP contribution in [0.3, 0.4) is 0 Å². The highest BCUT2D eigenvalue weighted by Crippen LogP contribution is 2.34. The minimum atomic E-state index is -4.51. The molecule has 3 rings (SSSR count). The Hall–Kier alpha value is -3.09. The first-order valence-electron chi connectivity index (χ1n) is 7.85. The van der Waals surface area contributed by atoms with Crippen LogP contribution in [0.15, 0.2) is 30.5 Å². The van der Waals surface area contributed by atoms with Gasteiger partial charge in [-0.25, -0.2) is 0 Å². The number of benzene rings is 1. The van der Waals surface area contributed by atoms with Crippen molar-refractivity contribution < 1.29 is 18.1 Å². The van der Waals surface area contributed by atoms with Gasteiger partial charge in [0.2, 0.25) is 0 Å². The van der Waals surface area contributed by atoms with Crippen molar-refractivity contribution >= 4 is 11.4 Å². The fraction of sp³-hybridized carbons (Fsp3) is 0.375. The molecule has 1 unspecified atom stereocenters. The van der Waals surface area contributed by atoms with Crippen LogP contribution in [0.5, 0.6) is 0 Å². The minimum absolute atomic E-state index is 0.177. The van der Waals surface area contributed by atoms with E-state index >= 15 is 0 Å². The van der Waals surface area contributed by atoms with Crippen molar-refractivity contribution in [3.8, 4) is 6.07 Å². The van der Waals surface area contributed by atoms with Gasteiger partial charge in [0.05, 0.1) is 22.6 Å². The average molecular weight is 365 g/mol. The van der Waals surface area contributed by atoms with Gasteiger partial charge in [-0.2, -0.15) is 23.5 Å². The summed E-state index contributed by atoms with van der Waals surface area (Å²) in [5, 5.41) is 23.8. The Morgan fingerprint density at radius 1 is 1.35 bits per heavy atom. The van der Waals surface area contributed by atoms with Crippen LogP contribution in [0.1, 0.15) is 30.1 Å². The SMILES string of the molecule is N#Cc1ccc(N2CCCC(n3ccc(C(F)(F)F)n3)C2)c([N+](=O)[O-])c1. The van der Waals surface area contributed by atoms with E-state index in [1.165, 1.54) is 29.1 Å². The van der Waals surface area contributed by atoms with Crippen LogP contribution in [0.25, 0.3) is 0 Å². The maximum absolute atomic E-state index is 12.7. The van der Waals surface area contributed by atoms with Crippen molar-refractivity contribution in [2.45, 2.75) is 25.1 Å². The van der Waals surface area contributed by atoms with Gasteiger partial charge in [-0.15, -0.1) is 0 Å². The van der Waals surface area contributed by atoms with Crippen LogP contribution in [0.2, 0.25) is 0 Å². The van der Waals surface area contributed by atoms with Gasteiger partial charge in [0.1, 0.15) is 5.69 Å². The first-order valence-corrected chi connectivity index (χ1v) is 7.85. The van der Waals surface area contributed by atoms with Gasteiger partial charge in [-0.3, -0.25) is 14.8 Å². The van der Waals surface area contributed by atoms with E-state index in [9.17, 15) is 23.3 Å². The van der Waals surface area contributed by atoms with Gasteiger partial charge >= 0.3 is 6.18 Å². The number of hydrogen-bond acceptors (Lipinski definition) is 5. The number of hydrogen-bond donors (Lipinski definition) is 0. The molecule has 0 radical (unpaired) electrons. The van der Waals surface area contributed by atoms with Crippen molar-refractivity contribution in [3.63, 3.8) is 0 Å². The van der Waals surface area contributed by atoms with Crippen LogP contribution in [-0.4, -0.2) is 27.8 Å². The molecule has 26 heavy (non-hydrogen) atoms. The molecule has 1 aliphatic rings. The van der Waals surface area contributed by atoms with Gasteiger partial charge < -0.3 is 4.90 Å². The van der Waals surface area contributed by atoms with E-state index in [2.05, 4.69) is 5.10 Å². The van der Waals surface area contributed by atoms with Gasteiger partial charge in [0.25, 0.3) is 5.69 Å². The molecule has 1 fully saturated rings. The normalized spacial score (nSPS) is 17.8. The number of anilines is 1. The summed E-state index contributed by atoms with van der Waals surface area (Å²) in [7, 11) is 0. The molecule has 0 aliphatic carbocycles. The van der Waals surface area contributed by atoms with Gasteiger partial charge in [0.15, 0.2) is 5.69 Å². The standard InChI is InChI=1S/C16H14F3N5O2/c17-16(18,19)15-5-7-23(21-15)12-2-1-6-22(10-12)13-4-3-11(9-20)8-14(13)24(25)26/h3-5,7-8,12H,1-2,6,10H2. The second-order valence-corrected chi connectivity index (χ2v) is 5.99. The lowest BCUT2D eigenvalue weighted by Gasteiger charge is -2.34. The number of aromatic nitrogens is 2. The van der Waals surface area contributed by atoms with E-state index in [0.29, 0.717) is 31.6 Å². The molecule has 10 heteroatoms. The molecule has 1 aromatic carbocycles. The molecule has 0 spiro atoms. The first kappa shape index (κ1) is 17.7. The monoisotopic (exact) mass is 365 g/mol. The number of nitrogens with zero attached hydrogens (tertiary/aromatic N) is 5. The van der Waals surface area contributed by atoms with E-state index in [-0.39, 0.29) is 17.3 Å². The minimum Gasteiger partial charge on any atom is -0.364 e. The Kier molecular flexibility index (Phi) is 4.54. The van der Waals surface area contributed by atoms with Crippen LogP contribution in [0, 0.1) is 21.4 Å². The first-order chi connectivity index (χ1) is 12.3. The fourth-order valence-electron chi connectivity index (χ4n) is 3.09. The lowest BCUT2D eigenvalue weighted by atomic mass is 10.0. The zero-order chi connectivity index (χ0) is 18.9. The van der Waals surface area contributed by atoms with Crippen LogP contribution >= 0.6 is 0 Å². The number of halogens is 3. The van der Waals surface area contributed by atoms with Crippen molar-refractivity contribution in [1.82, 2.24) is 9.78 Å². The lowest BCUT2D eigenvalue weighted by molar-refractivity contribution is -0.384. The molecule has 0 N–H and O–H groups in total. The lowest BCUT2D eigenvalue weighted by Crippen LogP contribution is -2.37. The quantitative estimate of drug-likeness (QED) is 0.613. The number of nitro benzene ring substituents is 1. The highest BCUT2D eigenvalue weighted by molar-refractivity contribution is 5.65. The summed E-state index contributed by atoms with van der Waals surface area (Å²) in [6.07, 6.45) is -1.95. The highest BCUT2D eigenvalue weighted by atomic mass is 19.4. The third kappa shape index (κ3) is 3.46. The smallest absolute Gasteiger partial charge is 0.364 e. The summed E-state index contributed by atoms with van der Waals surface area (Å²) >= 11 is 0. The molecule has 0 bridgehead atoms. The van der Waals surface area contributed by atoms with Crippen LogP contribution in [0.4, 0.5) is 24.5 Å². The second-order valence-electron chi connectivity index (χ2n) is 5.99. The summed E-state index contributed by atoms with van der Waals surface area (Å²) in [5.74, 6) is 0. The molecule has 1 saturated heterocycles. The number of rotatable bonds is 3. The van der Waals surface area contributed by atoms with E-state index < -0.39 is 16.8 Å². The molecule has 2 aromatic rings. The fourth-order valence-corrected chi connectivity index (χ4v) is 3.09. The molecule has 136 valence electrons. The van der Waals surface area contributed by atoms with Crippen molar-refractivity contribution in [2.24, 2.45) is 0 Å². The number of nitriles is 1. The summed E-state index contributed by atoms with van der Waals surface area (Å²) < 4.78 is 39.5. The maximum Gasteiger partial charge on any atom is 0.435 e. The third-order valence-electron chi connectivity index (χ3n) is 4.31. The van der Waals surface area contributed by atoms with E-state index in [1.807, 2.05) is 6.07 Å². The topological polar surface area (TPSA) is 88.0 Å². The Morgan fingerprint density at radius 2 is 2.12 bits per heavy atom. The molecule has 2 heterocycles. The number of piperidine rings is 1. The molecule has 1 aromatic heterocycles. The summed E-state index contributed by atoms with van der Waals surface area (Å²) in [6.45, 7) is 0.836. The zero-order valence-corrected chi connectivity index (χ0v) is 13.5. The van der Waals surface area contributed by atoms with Gasteiger partial charge in [-0.05, 0) is 31.0 Å². The van der Waals surface area contributed by atoms with E-state index in [0.717, 1.165) is 6.07 Å². The van der Waals surface area contributed by atoms with E-state index in [1.54, 1.807) is 4.90 Å². The Labute approximate surface area is 146 Å². The average Bonchev–Trinajstić information content (AvgIpc) is 3.12. The molecular weight excluding hydrogens is 351 g/mol. The number of nitro groups is 1. The predicted molar refractivity (Wildman–Crippen MR) is 85.5 cm³/mol. The van der Waals surface area contributed by atoms with Gasteiger partial charge in [-0.1, -0.05) is 0 Å². The van der Waals surface area contributed by atoms with E-state index in [4.69, 9.17) is 5.26 Å². The zero-order valence-electron chi connectivity index (χ0n) is 13.5. The summed E-state index contributed by atoms with van der Waals surface area (Å²) in [6, 6.07) is 6.65. The second kappa shape index (κ2) is 6.67. The Bertz CT molecular complexity index is 872. The van der Waals surface area contributed by atoms with Crippen LogP contribution < -0.4 is 4.90 Å². The molecule has 0 amide bonds. The summed E-state index contributed by atoms with van der Waals surface area (Å²) in [5.41, 5.74) is -0.627. The largest absolute Gasteiger partial charge is 0.435 e. The number of alkyl halides is 3. The molecule has 1 atom stereocenters. The highest BCUT2D eigenvalue weighted by Gasteiger charge is 2.35. The molecular formula is C16H14F3N5O2. The molecule has 0 saturated carbocycles. The maximum atomic E-state index is 12.7. The van der Waals surface area contributed by atoms with Crippen molar-refractivity contribution in [2.75, 3.05) is 18.0 Å². The molecule has 7 nitrogen and oxygen atoms in total. The summed E-state index contributed by atoms with van der Waals surface area (Å²) in [4.78, 5) is 12.5. The predicted octanol–water partition coefficient (Wildman–Crippen LogP) is 3.52. The Balaban J connectivity index is 1.86. The van der Waals surface area contributed by atoms with Crippen LogP contribution in [-0.2, 0) is 6.18 Å². The van der Waals surface area contributed by atoms with Gasteiger partial charge in [0, 0.05) is 25.4 Å².